The number of likely N-dealkylation sites (tertiary alicyclic amines) is 1. The Hall–Kier alpha value is -2.41. The maximum absolute atomic E-state index is 13.1. The third-order valence-electron chi connectivity index (χ3n) is 4.86. The van der Waals surface area contributed by atoms with Crippen LogP contribution in [0, 0.1) is 5.92 Å². The SMILES string of the molecule is COC1CC(CC(=O)O)N(C(=O)C(NC(=O)Cc2ccccc2)C(C)C)C1. The van der Waals surface area contributed by atoms with E-state index in [1.165, 1.54) is 0 Å². The van der Waals surface area contributed by atoms with Crippen LogP contribution in [0.3, 0.4) is 0 Å². The summed E-state index contributed by atoms with van der Waals surface area (Å²) in [7, 11) is 1.55. The van der Waals surface area contributed by atoms with Gasteiger partial charge in [-0.25, -0.2) is 0 Å². The maximum atomic E-state index is 13.1. The molecule has 1 aliphatic rings. The van der Waals surface area contributed by atoms with Gasteiger partial charge < -0.3 is 20.1 Å². The number of benzene rings is 1. The minimum Gasteiger partial charge on any atom is -0.481 e. The normalized spacial score (nSPS) is 20.5. The molecule has 3 unspecified atom stereocenters. The molecule has 7 nitrogen and oxygen atoms in total. The number of rotatable bonds is 8. The van der Waals surface area contributed by atoms with E-state index in [1.54, 1.807) is 12.0 Å². The number of carboxylic acids is 1. The number of amides is 2. The first-order chi connectivity index (χ1) is 12.8. The zero-order chi connectivity index (χ0) is 20.0. The van der Waals surface area contributed by atoms with E-state index in [0.717, 1.165) is 5.56 Å². The van der Waals surface area contributed by atoms with E-state index in [4.69, 9.17) is 9.84 Å². The second-order valence-corrected chi connectivity index (χ2v) is 7.29. The minimum absolute atomic E-state index is 0.121. The molecule has 0 aromatic heterocycles. The van der Waals surface area contributed by atoms with Crippen LogP contribution in [0.4, 0.5) is 0 Å². The molecule has 7 heteroatoms. The van der Waals surface area contributed by atoms with Crippen molar-refractivity contribution >= 4 is 17.8 Å². The van der Waals surface area contributed by atoms with Crippen molar-refractivity contribution in [1.29, 1.82) is 0 Å². The molecule has 1 aromatic carbocycles. The standard InChI is InChI=1S/C20H28N2O5/c1-13(2)19(21-17(23)9-14-7-5-4-6-8-14)20(26)22-12-16(27-3)10-15(22)11-18(24)25/h4-8,13,15-16,19H,9-12H2,1-3H3,(H,21,23)(H,24,25). The third-order valence-corrected chi connectivity index (χ3v) is 4.86. The van der Waals surface area contributed by atoms with Crippen molar-refractivity contribution in [1.82, 2.24) is 10.2 Å². The molecule has 1 heterocycles. The predicted molar refractivity (Wildman–Crippen MR) is 100 cm³/mol. The molecule has 3 atom stereocenters. The highest BCUT2D eigenvalue weighted by molar-refractivity contribution is 5.89. The summed E-state index contributed by atoms with van der Waals surface area (Å²) in [5.41, 5.74) is 0.870. The van der Waals surface area contributed by atoms with Crippen LogP contribution >= 0.6 is 0 Å². The first-order valence-corrected chi connectivity index (χ1v) is 9.20. The fraction of sp³-hybridized carbons (Fsp3) is 0.550. The van der Waals surface area contributed by atoms with Crippen molar-refractivity contribution in [3.8, 4) is 0 Å². The Labute approximate surface area is 159 Å². The van der Waals surface area contributed by atoms with Crippen molar-refractivity contribution in [3.63, 3.8) is 0 Å². The van der Waals surface area contributed by atoms with Crippen LogP contribution in [0.25, 0.3) is 0 Å². The number of nitrogens with zero attached hydrogens (tertiary/aromatic N) is 1. The summed E-state index contributed by atoms with van der Waals surface area (Å²) in [6.45, 7) is 4.06. The van der Waals surface area contributed by atoms with Gasteiger partial charge in [-0.3, -0.25) is 14.4 Å². The molecule has 27 heavy (non-hydrogen) atoms. The van der Waals surface area contributed by atoms with Crippen LogP contribution in [-0.4, -0.2) is 59.6 Å². The van der Waals surface area contributed by atoms with E-state index in [1.807, 2.05) is 44.2 Å². The molecule has 2 N–H and O–H groups in total. The number of carboxylic acid groups (broad SMARTS) is 1. The number of ether oxygens (including phenoxy) is 1. The summed E-state index contributed by atoms with van der Waals surface area (Å²) in [5.74, 6) is -1.56. The highest BCUT2D eigenvalue weighted by Gasteiger charge is 2.40. The number of carbonyl (C=O) groups excluding carboxylic acids is 2. The van der Waals surface area contributed by atoms with Gasteiger partial charge in [0.05, 0.1) is 18.9 Å². The summed E-state index contributed by atoms with van der Waals surface area (Å²) in [4.78, 5) is 38.2. The summed E-state index contributed by atoms with van der Waals surface area (Å²) in [5, 5.41) is 12.0. The Bertz CT molecular complexity index is 662. The monoisotopic (exact) mass is 376 g/mol. The largest absolute Gasteiger partial charge is 0.481 e. The summed E-state index contributed by atoms with van der Waals surface area (Å²) >= 11 is 0. The number of aliphatic carboxylic acids is 1. The Morgan fingerprint density at radius 3 is 2.48 bits per heavy atom. The van der Waals surface area contributed by atoms with E-state index < -0.39 is 18.1 Å². The van der Waals surface area contributed by atoms with Gasteiger partial charge >= 0.3 is 5.97 Å². The highest BCUT2D eigenvalue weighted by atomic mass is 16.5. The fourth-order valence-corrected chi connectivity index (χ4v) is 3.41. The Kier molecular flexibility index (Phi) is 7.36. The first kappa shape index (κ1) is 20.9. The topological polar surface area (TPSA) is 95.9 Å². The Morgan fingerprint density at radius 1 is 1.26 bits per heavy atom. The zero-order valence-corrected chi connectivity index (χ0v) is 16.1. The van der Waals surface area contributed by atoms with Crippen molar-refractivity contribution < 1.29 is 24.2 Å². The van der Waals surface area contributed by atoms with Gasteiger partial charge in [0.2, 0.25) is 11.8 Å². The van der Waals surface area contributed by atoms with Crippen LogP contribution in [0.15, 0.2) is 30.3 Å². The van der Waals surface area contributed by atoms with Gasteiger partial charge in [0.25, 0.3) is 0 Å². The van der Waals surface area contributed by atoms with E-state index in [-0.39, 0.29) is 36.7 Å². The molecule has 1 fully saturated rings. The van der Waals surface area contributed by atoms with Gasteiger partial charge in [0.1, 0.15) is 6.04 Å². The van der Waals surface area contributed by atoms with Gasteiger partial charge in [0.15, 0.2) is 0 Å². The molecule has 0 saturated carbocycles. The van der Waals surface area contributed by atoms with Crippen LogP contribution in [0.2, 0.25) is 0 Å². The molecule has 1 aliphatic heterocycles. The van der Waals surface area contributed by atoms with Gasteiger partial charge in [-0.05, 0) is 17.9 Å². The van der Waals surface area contributed by atoms with Gasteiger partial charge in [0, 0.05) is 19.7 Å². The average molecular weight is 376 g/mol. The molecule has 0 radical (unpaired) electrons. The van der Waals surface area contributed by atoms with Crippen molar-refractivity contribution in [2.75, 3.05) is 13.7 Å². The summed E-state index contributed by atoms with van der Waals surface area (Å²) in [6.07, 6.45) is 0.355. The second-order valence-electron chi connectivity index (χ2n) is 7.29. The Balaban J connectivity index is 2.08. The number of hydrogen-bond acceptors (Lipinski definition) is 4. The number of methoxy groups -OCH3 is 1. The molecule has 2 rings (SSSR count). The van der Waals surface area contributed by atoms with Crippen LogP contribution in [-0.2, 0) is 25.5 Å². The lowest BCUT2D eigenvalue weighted by atomic mass is 10.0. The minimum atomic E-state index is -0.955. The highest BCUT2D eigenvalue weighted by Crippen LogP contribution is 2.24. The van der Waals surface area contributed by atoms with Gasteiger partial charge in [-0.15, -0.1) is 0 Å². The number of hydrogen-bond donors (Lipinski definition) is 2. The Morgan fingerprint density at radius 2 is 1.93 bits per heavy atom. The molecule has 1 aromatic rings. The lowest BCUT2D eigenvalue weighted by Crippen LogP contribution is -2.53. The van der Waals surface area contributed by atoms with E-state index in [9.17, 15) is 14.4 Å². The smallest absolute Gasteiger partial charge is 0.305 e. The zero-order valence-electron chi connectivity index (χ0n) is 16.1. The maximum Gasteiger partial charge on any atom is 0.305 e. The van der Waals surface area contributed by atoms with Crippen molar-refractivity contribution in [2.45, 2.75) is 51.3 Å². The number of nitrogens with one attached hydrogen (secondary N) is 1. The van der Waals surface area contributed by atoms with E-state index in [2.05, 4.69) is 5.32 Å². The lowest BCUT2D eigenvalue weighted by molar-refractivity contribution is -0.142. The molecule has 1 saturated heterocycles. The lowest BCUT2D eigenvalue weighted by Gasteiger charge is -2.30. The molecule has 0 aliphatic carbocycles. The van der Waals surface area contributed by atoms with Crippen molar-refractivity contribution in [2.24, 2.45) is 5.92 Å². The molecule has 0 bridgehead atoms. The summed E-state index contributed by atoms with van der Waals surface area (Å²) in [6, 6.07) is 8.19. The van der Waals surface area contributed by atoms with Crippen molar-refractivity contribution in [3.05, 3.63) is 35.9 Å². The van der Waals surface area contributed by atoms with Crippen LogP contribution in [0.5, 0.6) is 0 Å². The predicted octanol–water partition coefficient (Wildman–Crippen LogP) is 1.46. The summed E-state index contributed by atoms with van der Waals surface area (Å²) < 4.78 is 5.33. The average Bonchev–Trinajstić information content (AvgIpc) is 3.02. The fourth-order valence-electron chi connectivity index (χ4n) is 3.41. The number of carbonyl (C=O) groups is 3. The van der Waals surface area contributed by atoms with Gasteiger partial charge in [-0.1, -0.05) is 44.2 Å². The van der Waals surface area contributed by atoms with E-state index in [0.29, 0.717) is 13.0 Å². The van der Waals surface area contributed by atoms with Gasteiger partial charge in [-0.2, -0.15) is 0 Å². The quantitative estimate of drug-likeness (QED) is 0.716. The first-order valence-electron chi connectivity index (χ1n) is 9.20. The third kappa shape index (κ3) is 5.79. The molecule has 2 amide bonds. The van der Waals surface area contributed by atoms with Crippen LogP contribution < -0.4 is 5.32 Å². The molecular weight excluding hydrogens is 348 g/mol. The van der Waals surface area contributed by atoms with E-state index >= 15 is 0 Å². The second kappa shape index (κ2) is 9.50. The molecule has 0 spiro atoms. The molecular formula is C20H28N2O5. The van der Waals surface area contributed by atoms with Crippen LogP contribution in [0.1, 0.15) is 32.3 Å². The molecule has 148 valence electrons.